The molecule has 2 unspecified atom stereocenters. The summed E-state index contributed by atoms with van der Waals surface area (Å²) in [6.45, 7) is 0. The number of hydrogen-bond acceptors (Lipinski definition) is 3. The van der Waals surface area contributed by atoms with E-state index in [-0.39, 0.29) is 12.1 Å². The molecule has 2 atom stereocenters. The average molecular weight is 198 g/mol. The van der Waals surface area contributed by atoms with Gasteiger partial charge in [0.2, 0.25) is 0 Å². The highest BCUT2D eigenvalue weighted by atomic mass is 16.5. The van der Waals surface area contributed by atoms with Gasteiger partial charge in [-0.15, -0.1) is 0 Å². The lowest BCUT2D eigenvalue weighted by Gasteiger charge is -2.10. The minimum absolute atomic E-state index is 0.0796. The molecule has 2 rings (SSSR count). The van der Waals surface area contributed by atoms with Crippen molar-refractivity contribution >= 4 is 5.97 Å². The molecule has 0 aromatic heterocycles. The molecule has 2 aliphatic carbocycles. The largest absolute Gasteiger partial charge is 0.469 e. The van der Waals surface area contributed by atoms with E-state index in [9.17, 15) is 9.90 Å². The van der Waals surface area contributed by atoms with Gasteiger partial charge in [0.25, 0.3) is 0 Å². The number of ether oxygens (including phenoxy) is 1. The topological polar surface area (TPSA) is 46.5 Å². The van der Waals surface area contributed by atoms with Gasteiger partial charge in [0.1, 0.15) is 0 Å². The van der Waals surface area contributed by atoms with Crippen LogP contribution in [0.3, 0.4) is 0 Å². The molecule has 0 aromatic carbocycles. The van der Waals surface area contributed by atoms with Crippen molar-refractivity contribution in [3.63, 3.8) is 0 Å². The molecule has 3 nitrogen and oxygen atoms in total. The maximum absolute atomic E-state index is 11.1. The Kier molecular flexibility index (Phi) is 2.77. The monoisotopic (exact) mass is 198 g/mol. The number of carbonyl (C=O) groups excluding carboxylic acids is 1. The number of esters is 1. The van der Waals surface area contributed by atoms with E-state index in [1.807, 2.05) is 0 Å². The third-order valence-electron chi connectivity index (χ3n) is 3.77. The lowest BCUT2D eigenvalue weighted by Crippen LogP contribution is -2.09. The molecule has 0 aromatic rings. The molecule has 0 bridgehead atoms. The predicted molar refractivity (Wildman–Crippen MR) is 51.6 cm³/mol. The summed E-state index contributed by atoms with van der Waals surface area (Å²) in [4.78, 5) is 11.1. The Hall–Kier alpha value is -0.570. The molecule has 2 fully saturated rings. The fourth-order valence-corrected chi connectivity index (χ4v) is 3.20. The second-order valence-electron chi connectivity index (χ2n) is 4.76. The van der Waals surface area contributed by atoms with Crippen molar-refractivity contribution in [3.8, 4) is 0 Å². The Morgan fingerprint density at radius 3 is 2.36 bits per heavy atom. The summed E-state index contributed by atoms with van der Waals surface area (Å²) in [6.07, 6.45) is 4.60. The van der Waals surface area contributed by atoms with E-state index >= 15 is 0 Å². The summed E-state index contributed by atoms with van der Waals surface area (Å²) >= 11 is 0. The molecular weight excluding hydrogens is 180 g/mol. The minimum Gasteiger partial charge on any atom is -0.469 e. The maximum Gasteiger partial charge on any atom is 0.305 e. The molecule has 0 heterocycles. The standard InChI is InChI=1S/C11H18O3/c1-14-11(13)4-7-2-8-5-10(12)6-9(8)3-7/h7-10,12H,2-6H2,1H3. The first kappa shape index (κ1) is 9.97. The highest BCUT2D eigenvalue weighted by Gasteiger charge is 2.41. The zero-order valence-corrected chi connectivity index (χ0v) is 8.61. The van der Waals surface area contributed by atoms with Crippen LogP contribution in [0.2, 0.25) is 0 Å². The van der Waals surface area contributed by atoms with Crippen LogP contribution in [0, 0.1) is 17.8 Å². The highest BCUT2D eigenvalue weighted by Crippen LogP contribution is 2.47. The van der Waals surface area contributed by atoms with Crippen molar-refractivity contribution in [2.24, 2.45) is 17.8 Å². The summed E-state index contributed by atoms with van der Waals surface area (Å²) in [5, 5.41) is 9.46. The first-order chi connectivity index (χ1) is 6.69. The van der Waals surface area contributed by atoms with Crippen LogP contribution in [0.5, 0.6) is 0 Å². The first-order valence-electron chi connectivity index (χ1n) is 5.44. The number of fused-ring (bicyclic) bond motifs is 1. The van der Waals surface area contributed by atoms with Crippen molar-refractivity contribution in [2.45, 2.75) is 38.2 Å². The van der Waals surface area contributed by atoms with Crippen molar-refractivity contribution in [1.29, 1.82) is 0 Å². The zero-order chi connectivity index (χ0) is 10.1. The molecular formula is C11H18O3. The number of hydrogen-bond donors (Lipinski definition) is 1. The summed E-state index contributed by atoms with van der Waals surface area (Å²) < 4.78 is 4.67. The maximum atomic E-state index is 11.1. The van der Waals surface area contributed by atoms with Crippen LogP contribution in [-0.2, 0) is 9.53 Å². The third-order valence-corrected chi connectivity index (χ3v) is 3.77. The molecule has 80 valence electrons. The van der Waals surface area contributed by atoms with Crippen LogP contribution >= 0.6 is 0 Å². The molecule has 2 saturated carbocycles. The lowest BCUT2D eigenvalue weighted by molar-refractivity contribution is -0.141. The van der Waals surface area contributed by atoms with Gasteiger partial charge in [-0.25, -0.2) is 0 Å². The Morgan fingerprint density at radius 2 is 1.86 bits per heavy atom. The van der Waals surface area contributed by atoms with Crippen molar-refractivity contribution in [1.82, 2.24) is 0 Å². The Bertz CT molecular complexity index is 213. The quantitative estimate of drug-likeness (QED) is 0.681. The first-order valence-corrected chi connectivity index (χ1v) is 5.44. The van der Waals surface area contributed by atoms with Gasteiger partial charge in [0.15, 0.2) is 0 Å². The summed E-state index contributed by atoms with van der Waals surface area (Å²) in [7, 11) is 1.45. The second kappa shape index (κ2) is 3.89. The fourth-order valence-electron chi connectivity index (χ4n) is 3.20. The molecule has 0 saturated heterocycles. The molecule has 3 heteroatoms. The van der Waals surface area contributed by atoms with E-state index < -0.39 is 0 Å². The van der Waals surface area contributed by atoms with Gasteiger partial charge >= 0.3 is 5.97 Å². The molecule has 14 heavy (non-hydrogen) atoms. The number of aliphatic hydroxyl groups is 1. The van der Waals surface area contributed by atoms with E-state index in [4.69, 9.17) is 0 Å². The third kappa shape index (κ3) is 1.92. The number of aliphatic hydroxyl groups excluding tert-OH is 1. The summed E-state index contributed by atoms with van der Waals surface area (Å²) in [5.41, 5.74) is 0. The lowest BCUT2D eigenvalue weighted by atomic mass is 9.99. The van der Waals surface area contributed by atoms with E-state index in [0.29, 0.717) is 24.2 Å². The number of rotatable bonds is 2. The van der Waals surface area contributed by atoms with Gasteiger partial charge < -0.3 is 9.84 Å². The van der Waals surface area contributed by atoms with Crippen LogP contribution in [0.15, 0.2) is 0 Å². The molecule has 2 aliphatic rings. The molecule has 0 radical (unpaired) electrons. The van der Waals surface area contributed by atoms with Gasteiger partial charge in [0.05, 0.1) is 13.2 Å². The number of methoxy groups -OCH3 is 1. The smallest absolute Gasteiger partial charge is 0.305 e. The zero-order valence-electron chi connectivity index (χ0n) is 8.61. The second-order valence-corrected chi connectivity index (χ2v) is 4.76. The van der Waals surface area contributed by atoms with E-state index in [0.717, 1.165) is 25.7 Å². The van der Waals surface area contributed by atoms with Gasteiger partial charge in [-0.2, -0.15) is 0 Å². The number of carbonyl (C=O) groups is 1. The van der Waals surface area contributed by atoms with Crippen LogP contribution in [0.4, 0.5) is 0 Å². The van der Waals surface area contributed by atoms with Crippen LogP contribution < -0.4 is 0 Å². The Balaban J connectivity index is 1.82. The molecule has 0 aliphatic heterocycles. The van der Waals surface area contributed by atoms with Crippen LogP contribution in [-0.4, -0.2) is 24.3 Å². The molecule has 1 N–H and O–H groups in total. The van der Waals surface area contributed by atoms with Gasteiger partial charge in [-0.3, -0.25) is 4.79 Å². The van der Waals surface area contributed by atoms with E-state index in [2.05, 4.69) is 4.74 Å². The van der Waals surface area contributed by atoms with Gasteiger partial charge in [-0.05, 0) is 43.4 Å². The fraction of sp³-hybridized carbons (Fsp3) is 0.909. The van der Waals surface area contributed by atoms with E-state index in [1.165, 1.54) is 7.11 Å². The van der Waals surface area contributed by atoms with Gasteiger partial charge in [0, 0.05) is 6.42 Å². The average Bonchev–Trinajstić information content (AvgIpc) is 2.60. The van der Waals surface area contributed by atoms with E-state index in [1.54, 1.807) is 0 Å². The van der Waals surface area contributed by atoms with Crippen LogP contribution in [0.1, 0.15) is 32.1 Å². The predicted octanol–water partition coefficient (Wildman–Crippen LogP) is 1.35. The van der Waals surface area contributed by atoms with Crippen molar-refractivity contribution in [3.05, 3.63) is 0 Å². The Labute approximate surface area is 84.4 Å². The Morgan fingerprint density at radius 1 is 1.29 bits per heavy atom. The minimum atomic E-state index is -0.0875. The SMILES string of the molecule is COC(=O)CC1CC2CC(O)CC2C1. The molecule has 0 spiro atoms. The van der Waals surface area contributed by atoms with Crippen molar-refractivity contribution < 1.29 is 14.6 Å². The van der Waals surface area contributed by atoms with Crippen LogP contribution in [0.25, 0.3) is 0 Å². The normalized spacial score (nSPS) is 41.0. The van der Waals surface area contributed by atoms with Crippen molar-refractivity contribution in [2.75, 3.05) is 7.11 Å². The van der Waals surface area contributed by atoms with Gasteiger partial charge in [-0.1, -0.05) is 0 Å². The summed E-state index contributed by atoms with van der Waals surface area (Å²) in [5.74, 6) is 1.75. The molecule has 0 amide bonds. The highest BCUT2D eigenvalue weighted by molar-refractivity contribution is 5.69. The summed E-state index contributed by atoms with van der Waals surface area (Å²) in [6, 6.07) is 0.